The lowest BCUT2D eigenvalue weighted by Gasteiger charge is -2.26. The molecule has 0 bridgehead atoms. The van der Waals surface area contributed by atoms with Crippen LogP contribution in [0.4, 0.5) is 0 Å². The van der Waals surface area contributed by atoms with Crippen molar-refractivity contribution in [3.63, 3.8) is 0 Å². The summed E-state index contributed by atoms with van der Waals surface area (Å²) in [6.07, 6.45) is 2.19. The van der Waals surface area contributed by atoms with Crippen LogP contribution in [0.2, 0.25) is 0 Å². The number of nitrogens with one attached hydrogen (secondary N) is 1. The van der Waals surface area contributed by atoms with Crippen LogP contribution in [0.5, 0.6) is 0 Å². The van der Waals surface area contributed by atoms with Crippen molar-refractivity contribution in [2.45, 2.75) is 39.4 Å². The molecule has 18 heavy (non-hydrogen) atoms. The van der Waals surface area contributed by atoms with Gasteiger partial charge in [0.2, 0.25) is 5.91 Å². The predicted octanol–water partition coefficient (Wildman–Crippen LogP) is 1.01. The molecule has 0 aromatic rings. The Balaban J connectivity index is 4.39. The highest BCUT2D eigenvalue weighted by atomic mass is 32.2. The molecule has 0 aliphatic heterocycles. The fourth-order valence-corrected chi connectivity index (χ4v) is 1.99. The Labute approximate surface area is 111 Å². The number of carboxylic acid groups (broad SMARTS) is 1. The first kappa shape index (κ1) is 17.1. The molecule has 1 amide bonds. The lowest BCUT2D eigenvalue weighted by atomic mass is 9.80. The molecule has 2 N–H and O–H groups in total. The van der Waals surface area contributed by atoms with Gasteiger partial charge in [-0.1, -0.05) is 27.7 Å². The maximum Gasteiger partial charge on any atom is 0.316 e. The molecule has 0 radical (unpaired) electrons. The first-order valence-corrected chi connectivity index (χ1v) is 7.52. The van der Waals surface area contributed by atoms with Gasteiger partial charge in [-0.2, -0.15) is 0 Å². The average Bonchev–Trinajstić information content (AvgIpc) is 2.13. The molecule has 0 aromatic carbocycles. The highest BCUT2D eigenvalue weighted by Gasteiger charge is 2.37. The third-order valence-electron chi connectivity index (χ3n) is 2.79. The lowest BCUT2D eigenvalue weighted by Crippen LogP contribution is -2.43. The number of carbonyl (C=O) groups excluding carboxylic acids is 1. The number of hydrogen-bond donors (Lipinski definition) is 2. The van der Waals surface area contributed by atoms with Gasteiger partial charge in [0.1, 0.15) is 5.92 Å². The van der Waals surface area contributed by atoms with E-state index in [-0.39, 0.29) is 5.25 Å². The summed E-state index contributed by atoms with van der Waals surface area (Å²) in [7, 11) is -0.929. The maximum atomic E-state index is 11.8. The third-order valence-corrected chi connectivity index (χ3v) is 4.16. The number of amides is 1. The quantitative estimate of drug-likeness (QED) is 0.710. The molecule has 3 atom stereocenters. The summed E-state index contributed by atoms with van der Waals surface area (Å²) >= 11 is 0. The van der Waals surface area contributed by atoms with Crippen molar-refractivity contribution in [3.8, 4) is 0 Å². The summed E-state index contributed by atoms with van der Waals surface area (Å²) in [4.78, 5) is 22.9. The van der Waals surface area contributed by atoms with Crippen molar-refractivity contribution in [2.24, 2.45) is 11.3 Å². The minimum absolute atomic E-state index is 0.0109. The van der Waals surface area contributed by atoms with E-state index in [1.807, 2.05) is 6.92 Å². The van der Waals surface area contributed by atoms with E-state index in [0.29, 0.717) is 13.0 Å². The van der Waals surface area contributed by atoms with Gasteiger partial charge in [-0.05, 0) is 11.8 Å². The second-order valence-electron chi connectivity index (χ2n) is 5.53. The van der Waals surface area contributed by atoms with Crippen LogP contribution in [0, 0.1) is 11.3 Å². The van der Waals surface area contributed by atoms with Crippen LogP contribution in [-0.2, 0) is 20.4 Å². The summed E-state index contributed by atoms with van der Waals surface area (Å²) in [5.41, 5.74) is -0.630. The van der Waals surface area contributed by atoms with Crippen LogP contribution in [0.25, 0.3) is 0 Å². The number of rotatable bonds is 6. The Bertz CT molecular complexity index is 335. The Morgan fingerprint density at radius 2 is 1.83 bits per heavy atom. The van der Waals surface area contributed by atoms with Crippen LogP contribution >= 0.6 is 0 Å². The number of hydrogen-bond acceptors (Lipinski definition) is 3. The molecule has 5 nitrogen and oxygen atoms in total. The van der Waals surface area contributed by atoms with Gasteiger partial charge >= 0.3 is 5.97 Å². The summed E-state index contributed by atoms with van der Waals surface area (Å²) in [6, 6.07) is 0. The molecule has 0 heterocycles. The smallest absolute Gasteiger partial charge is 0.316 e. The summed E-state index contributed by atoms with van der Waals surface area (Å²) in [5, 5.41) is 11.7. The largest absolute Gasteiger partial charge is 0.481 e. The van der Waals surface area contributed by atoms with E-state index < -0.39 is 34.0 Å². The highest BCUT2D eigenvalue weighted by molar-refractivity contribution is 7.84. The summed E-state index contributed by atoms with van der Waals surface area (Å²) in [6.45, 7) is 7.33. The summed E-state index contributed by atoms with van der Waals surface area (Å²) in [5.74, 6) is -2.67. The normalized spacial score (nSPS) is 16.7. The molecule has 3 unspecified atom stereocenters. The zero-order chi connectivity index (χ0) is 14.5. The molecule has 0 rings (SSSR count). The second-order valence-corrected chi connectivity index (χ2v) is 7.33. The number of aliphatic carboxylic acids is 1. The van der Waals surface area contributed by atoms with Gasteiger partial charge in [-0.3, -0.25) is 13.8 Å². The fraction of sp³-hybridized carbons (Fsp3) is 0.833. The van der Waals surface area contributed by atoms with Crippen LogP contribution in [0.3, 0.4) is 0 Å². The Morgan fingerprint density at radius 3 is 2.17 bits per heavy atom. The van der Waals surface area contributed by atoms with Gasteiger partial charge in [0, 0.05) is 28.9 Å². The fourth-order valence-electron chi connectivity index (χ4n) is 1.54. The maximum absolute atomic E-state index is 11.8. The predicted molar refractivity (Wildman–Crippen MR) is 71.7 cm³/mol. The van der Waals surface area contributed by atoms with Crippen molar-refractivity contribution in [2.75, 3.05) is 12.8 Å². The molecule has 0 saturated heterocycles. The van der Waals surface area contributed by atoms with Crippen molar-refractivity contribution in [3.05, 3.63) is 0 Å². The molecule has 0 fully saturated rings. The van der Waals surface area contributed by atoms with E-state index in [1.54, 1.807) is 27.0 Å². The SMILES string of the molecule is CC(CCNC(=O)C(C(=O)O)C(C)(C)C)S(C)=O. The standard InChI is InChI=1S/C12H23NO4S/c1-8(18(5)17)6-7-13-10(14)9(11(15)16)12(2,3)4/h8-9H,6-7H2,1-5H3,(H,13,14)(H,15,16). The Hall–Kier alpha value is -0.910. The minimum atomic E-state index is -1.12. The van der Waals surface area contributed by atoms with E-state index in [4.69, 9.17) is 5.11 Å². The van der Waals surface area contributed by atoms with Gasteiger partial charge in [-0.15, -0.1) is 0 Å². The summed E-state index contributed by atoms with van der Waals surface area (Å²) < 4.78 is 11.1. The molecule has 0 aliphatic rings. The Kier molecular flexibility index (Phi) is 6.52. The zero-order valence-corrected chi connectivity index (χ0v) is 12.5. The van der Waals surface area contributed by atoms with Gasteiger partial charge in [0.15, 0.2) is 0 Å². The molecule has 0 aromatic heterocycles. The topological polar surface area (TPSA) is 83.5 Å². The van der Waals surface area contributed by atoms with Gasteiger partial charge in [-0.25, -0.2) is 0 Å². The van der Waals surface area contributed by atoms with E-state index in [1.165, 1.54) is 0 Å². The van der Waals surface area contributed by atoms with Crippen LogP contribution in [-0.4, -0.2) is 39.2 Å². The van der Waals surface area contributed by atoms with Crippen molar-refractivity contribution in [1.82, 2.24) is 5.32 Å². The first-order valence-electron chi connectivity index (χ1n) is 5.90. The molecule has 0 spiro atoms. The molecular weight excluding hydrogens is 254 g/mol. The van der Waals surface area contributed by atoms with Crippen LogP contribution in [0.15, 0.2) is 0 Å². The van der Waals surface area contributed by atoms with E-state index in [2.05, 4.69) is 5.32 Å². The molecule has 6 heteroatoms. The monoisotopic (exact) mass is 277 g/mol. The Morgan fingerprint density at radius 1 is 1.33 bits per heavy atom. The van der Waals surface area contributed by atoms with Crippen molar-refractivity contribution >= 4 is 22.7 Å². The van der Waals surface area contributed by atoms with Crippen molar-refractivity contribution < 1.29 is 18.9 Å². The minimum Gasteiger partial charge on any atom is -0.481 e. The lowest BCUT2D eigenvalue weighted by molar-refractivity contribution is -0.151. The molecular formula is C12H23NO4S. The molecule has 106 valence electrons. The van der Waals surface area contributed by atoms with Gasteiger partial charge in [0.05, 0.1) is 0 Å². The van der Waals surface area contributed by atoms with Gasteiger partial charge < -0.3 is 10.4 Å². The highest BCUT2D eigenvalue weighted by Crippen LogP contribution is 2.26. The second kappa shape index (κ2) is 6.87. The van der Waals surface area contributed by atoms with Crippen molar-refractivity contribution in [1.29, 1.82) is 0 Å². The van der Waals surface area contributed by atoms with E-state index in [0.717, 1.165) is 0 Å². The van der Waals surface area contributed by atoms with Gasteiger partial charge in [0.25, 0.3) is 0 Å². The molecule has 0 saturated carbocycles. The third kappa shape index (κ3) is 5.62. The molecule has 0 aliphatic carbocycles. The van der Waals surface area contributed by atoms with E-state index in [9.17, 15) is 13.8 Å². The van der Waals surface area contributed by atoms with Crippen LogP contribution < -0.4 is 5.32 Å². The number of carbonyl (C=O) groups is 2. The number of carboxylic acids is 1. The first-order chi connectivity index (χ1) is 8.07. The van der Waals surface area contributed by atoms with E-state index >= 15 is 0 Å². The zero-order valence-electron chi connectivity index (χ0n) is 11.6. The van der Waals surface area contributed by atoms with Crippen LogP contribution in [0.1, 0.15) is 34.1 Å². The average molecular weight is 277 g/mol.